The first-order chi connectivity index (χ1) is 16.9. The SMILES string of the molecule is Cc1ccc(CNC(=O)C2CCN(C(=O)c3cccnc3SCc3ccc(F)cc3)CC2)cc1F. The second kappa shape index (κ2) is 11.4. The van der Waals surface area contributed by atoms with Crippen molar-refractivity contribution in [3.05, 3.63) is 94.7 Å². The Morgan fingerprint density at radius 2 is 1.77 bits per heavy atom. The second-order valence-corrected chi connectivity index (χ2v) is 9.60. The Kier molecular flexibility index (Phi) is 8.13. The van der Waals surface area contributed by atoms with E-state index in [1.54, 1.807) is 54.4 Å². The van der Waals surface area contributed by atoms with Gasteiger partial charge in [-0.1, -0.05) is 24.3 Å². The fourth-order valence-corrected chi connectivity index (χ4v) is 4.94. The van der Waals surface area contributed by atoms with Gasteiger partial charge < -0.3 is 10.2 Å². The summed E-state index contributed by atoms with van der Waals surface area (Å²) in [5.41, 5.74) is 2.77. The lowest BCUT2D eigenvalue weighted by Crippen LogP contribution is -2.43. The number of aryl methyl sites for hydroxylation is 1. The summed E-state index contributed by atoms with van der Waals surface area (Å²) in [4.78, 5) is 32.0. The quantitative estimate of drug-likeness (QED) is 0.462. The van der Waals surface area contributed by atoms with Crippen LogP contribution in [0.25, 0.3) is 0 Å². The van der Waals surface area contributed by atoms with Crippen LogP contribution in [-0.2, 0) is 17.1 Å². The highest BCUT2D eigenvalue weighted by atomic mass is 32.2. The fraction of sp³-hybridized carbons (Fsp3) is 0.296. The first-order valence-electron chi connectivity index (χ1n) is 11.5. The van der Waals surface area contributed by atoms with Crippen molar-refractivity contribution in [2.24, 2.45) is 5.92 Å². The number of amides is 2. The van der Waals surface area contributed by atoms with Gasteiger partial charge in [0, 0.05) is 37.5 Å². The van der Waals surface area contributed by atoms with Crippen molar-refractivity contribution < 1.29 is 18.4 Å². The Morgan fingerprint density at radius 3 is 2.49 bits per heavy atom. The van der Waals surface area contributed by atoms with Crippen molar-refractivity contribution in [2.45, 2.75) is 37.1 Å². The average Bonchev–Trinajstić information content (AvgIpc) is 2.88. The Bertz CT molecular complexity index is 1200. The van der Waals surface area contributed by atoms with Crippen molar-refractivity contribution in [2.75, 3.05) is 13.1 Å². The molecule has 35 heavy (non-hydrogen) atoms. The van der Waals surface area contributed by atoms with Crippen LogP contribution in [0, 0.1) is 24.5 Å². The lowest BCUT2D eigenvalue weighted by Gasteiger charge is -2.31. The second-order valence-electron chi connectivity index (χ2n) is 8.64. The maximum Gasteiger partial charge on any atom is 0.256 e. The van der Waals surface area contributed by atoms with Gasteiger partial charge in [0.15, 0.2) is 0 Å². The Balaban J connectivity index is 1.30. The number of carbonyl (C=O) groups excluding carboxylic acids is 2. The average molecular weight is 496 g/mol. The number of piperidine rings is 1. The van der Waals surface area contributed by atoms with Crippen LogP contribution < -0.4 is 5.32 Å². The van der Waals surface area contributed by atoms with E-state index in [9.17, 15) is 18.4 Å². The number of likely N-dealkylation sites (tertiary alicyclic amines) is 1. The molecule has 2 heterocycles. The van der Waals surface area contributed by atoms with Crippen LogP contribution in [0.1, 0.15) is 39.9 Å². The van der Waals surface area contributed by atoms with Crippen LogP contribution in [0.3, 0.4) is 0 Å². The maximum absolute atomic E-state index is 13.7. The monoisotopic (exact) mass is 495 g/mol. The van der Waals surface area contributed by atoms with E-state index in [2.05, 4.69) is 10.3 Å². The van der Waals surface area contributed by atoms with Gasteiger partial charge in [-0.2, -0.15) is 0 Å². The molecule has 0 spiro atoms. The normalized spacial score (nSPS) is 14.1. The van der Waals surface area contributed by atoms with Gasteiger partial charge in [0.25, 0.3) is 5.91 Å². The van der Waals surface area contributed by atoms with E-state index in [0.29, 0.717) is 47.8 Å². The highest BCUT2D eigenvalue weighted by Crippen LogP contribution is 2.27. The van der Waals surface area contributed by atoms with E-state index in [-0.39, 0.29) is 35.9 Å². The number of benzene rings is 2. The first kappa shape index (κ1) is 24.9. The summed E-state index contributed by atoms with van der Waals surface area (Å²) >= 11 is 1.44. The fourth-order valence-electron chi connectivity index (χ4n) is 4.00. The molecule has 0 saturated carbocycles. The standard InChI is InChI=1S/C27H27F2N3O2S/c1-18-4-5-20(15-24(18)29)16-31-25(33)21-10-13-32(14-11-21)27(34)23-3-2-12-30-26(23)35-17-19-6-8-22(28)9-7-19/h2-9,12,15,21H,10-11,13-14,16-17H2,1H3,(H,31,33). The summed E-state index contributed by atoms with van der Waals surface area (Å²) in [5, 5.41) is 3.52. The zero-order chi connectivity index (χ0) is 24.8. The number of nitrogens with one attached hydrogen (secondary N) is 1. The number of aromatic nitrogens is 1. The van der Waals surface area contributed by atoms with E-state index >= 15 is 0 Å². The molecule has 0 atom stereocenters. The smallest absolute Gasteiger partial charge is 0.256 e. The third kappa shape index (κ3) is 6.45. The van der Waals surface area contributed by atoms with Gasteiger partial charge in [-0.15, -0.1) is 11.8 Å². The Hall–Kier alpha value is -3.26. The Morgan fingerprint density at radius 1 is 1.06 bits per heavy atom. The van der Waals surface area contributed by atoms with Crippen molar-refractivity contribution in [3.8, 4) is 0 Å². The molecule has 1 N–H and O–H groups in total. The molecule has 0 unspecified atom stereocenters. The topological polar surface area (TPSA) is 62.3 Å². The van der Waals surface area contributed by atoms with E-state index in [1.165, 1.54) is 30.0 Å². The summed E-state index contributed by atoms with van der Waals surface area (Å²) < 4.78 is 26.9. The van der Waals surface area contributed by atoms with Crippen LogP contribution in [-0.4, -0.2) is 34.8 Å². The molecule has 4 rings (SSSR count). The molecule has 0 bridgehead atoms. The molecule has 8 heteroatoms. The number of pyridine rings is 1. The van der Waals surface area contributed by atoms with Crippen molar-refractivity contribution in [1.82, 2.24) is 15.2 Å². The number of rotatable bonds is 7. The molecule has 3 aromatic rings. The third-order valence-electron chi connectivity index (χ3n) is 6.15. The highest BCUT2D eigenvalue weighted by molar-refractivity contribution is 7.98. The van der Waals surface area contributed by atoms with Gasteiger partial charge in [-0.05, 0) is 66.8 Å². The molecular weight excluding hydrogens is 468 g/mol. The summed E-state index contributed by atoms with van der Waals surface area (Å²) in [5.74, 6) is -0.355. The zero-order valence-electron chi connectivity index (χ0n) is 19.5. The minimum absolute atomic E-state index is 0.0741. The van der Waals surface area contributed by atoms with E-state index in [1.807, 2.05) is 0 Å². The number of hydrogen-bond acceptors (Lipinski definition) is 4. The maximum atomic E-state index is 13.7. The Labute approximate surface area is 207 Å². The third-order valence-corrected chi connectivity index (χ3v) is 7.22. The van der Waals surface area contributed by atoms with Crippen LogP contribution in [0.4, 0.5) is 8.78 Å². The molecule has 1 saturated heterocycles. The van der Waals surface area contributed by atoms with E-state index in [4.69, 9.17) is 0 Å². The van der Waals surface area contributed by atoms with Gasteiger partial charge in [0.2, 0.25) is 5.91 Å². The number of hydrogen-bond donors (Lipinski definition) is 1. The lowest BCUT2D eigenvalue weighted by molar-refractivity contribution is -0.126. The number of halogens is 2. The minimum Gasteiger partial charge on any atom is -0.352 e. The summed E-state index contributed by atoms with van der Waals surface area (Å²) in [7, 11) is 0. The van der Waals surface area contributed by atoms with Crippen LogP contribution in [0.15, 0.2) is 65.8 Å². The number of carbonyl (C=O) groups is 2. The van der Waals surface area contributed by atoms with Gasteiger partial charge >= 0.3 is 0 Å². The van der Waals surface area contributed by atoms with E-state index in [0.717, 1.165) is 11.1 Å². The summed E-state index contributed by atoms with van der Waals surface area (Å²) in [6.45, 7) is 2.94. The molecule has 182 valence electrons. The van der Waals surface area contributed by atoms with Crippen LogP contribution in [0.5, 0.6) is 0 Å². The molecule has 2 amide bonds. The van der Waals surface area contributed by atoms with Crippen molar-refractivity contribution >= 4 is 23.6 Å². The van der Waals surface area contributed by atoms with Gasteiger partial charge in [-0.3, -0.25) is 9.59 Å². The zero-order valence-corrected chi connectivity index (χ0v) is 20.3. The number of thioether (sulfide) groups is 1. The summed E-state index contributed by atoms with van der Waals surface area (Å²) in [6.07, 6.45) is 2.79. The summed E-state index contributed by atoms with van der Waals surface area (Å²) in [6, 6.07) is 14.7. The first-order valence-corrected chi connectivity index (χ1v) is 12.5. The predicted octanol–water partition coefficient (Wildman–Crippen LogP) is 5.13. The highest BCUT2D eigenvalue weighted by Gasteiger charge is 2.29. The molecule has 5 nitrogen and oxygen atoms in total. The van der Waals surface area contributed by atoms with Crippen LogP contribution in [0.2, 0.25) is 0 Å². The van der Waals surface area contributed by atoms with Gasteiger partial charge in [0.05, 0.1) is 5.56 Å². The molecule has 0 radical (unpaired) electrons. The molecule has 0 aliphatic carbocycles. The van der Waals surface area contributed by atoms with Crippen LogP contribution >= 0.6 is 11.8 Å². The molecular formula is C27H27F2N3O2S. The number of nitrogens with zero attached hydrogens (tertiary/aromatic N) is 2. The molecule has 1 aliphatic heterocycles. The predicted molar refractivity (Wildman–Crippen MR) is 132 cm³/mol. The van der Waals surface area contributed by atoms with E-state index < -0.39 is 0 Å². The molecule has 1 aromatic heterocycles. The molecule has 1 fully saturated rings. The molecule has 1 aliphatic rings. The van der Waals surface area contributed by atoms with Crippen molar-refractivity contribution in [1.29, 1.82) is 0 Å². The minimum atomic E-state index is -0.284. The van der Waals surface area contributed by atoms with Gasteiger partial charge in [0.1, 0.15) is 16.7 Å². The van der Waals surface area contributed by atoms with Crippen molar-refractivity contribution in [3.63, 3.8) is 0 Å². The lowest BCUT2D eigenvalue weighted by atomic mass is 9.95. The largest absolute Gasteiger partial charge is 0.352 e. The van der Waals surface area contributed by atoms with Gasteiger partial charge in [-0.25, -0.2) is 13.8 Å². The molecule has 2 aromatic carbocycles.